The molecule has 1 aromatic heterocycles. The van der Waals surface area contributed by atoms with Crippen LogP contribution >= 0.6 is 0 Å². The first kappa shape index (κ1) is 8.52. The Kier molecular flexibility index (Phi) is 1.83. The number of nitriles is 1. The Balaban J connectivity index is 2.92. The molecule has 0 spiro atoms. The van der Waals surface area contributed by atoms with Gasteiger partial charge in [-0.1, -0.05) is 17.7 Å². The number of hydrogen-bond donors (Lipinski definition) is 1. The number of hydrogen-bond acceptors (Lipinski definition) is 2. The lowest BCUT2D eigenvalue weighted by atomic mass is 10.1. The smallest absolute Gasteiger partial charge is 0.256 e. The summed E-state index contributed by atoms with van der Waals surface area (Å²) in [5.41, 5.74) is 1.13. The first-order chi connectivity index (χ1) is 6.70. The molecule has 68 valence electrons. The first-order valence-corrected chi connectivity index (χ1v) is 4.24. The second-order valence-electron chi connectivity index (χ2n) is 3.21. The zero-order valence-corrected chi connectivity index (χ0v) is 7.66. The van der Waals surface area contributed by atoms with Gasteiger partial charge >= 0.3 is 0 Å². The van der Waals surface area contributed by atoms with E-state index < -0.39 is 0 Å². The van der Waals surface area contributed by atoms with E-state index in [1.165, 1.54) is 0 Å². The highest BCUT2D eigenvalue weighted by molar-refractivity contribution is 5.82. The third-order valence-electron chi connectivity index (χ3n) is 2.12. The molecule has 0 bridgehead atoms. The van der Waals surface area contributed by atoms with Gasteiger partial charge in [0.1, 0.15) is 11.8 Å². The number of pyridine rings is 1. The predicted octanol–water partition coefficient (Wildman–Crippen LogP) is 1.71. The highest BCUT2D eigenvalue weighted by Gasteiger charge is 2.00. The molecule has 14 heavy (non-hydrogen) atoms. The molecule has 0 atom stereocenters. The lowest BCUT2D eigenvalue weighted by Gasteiger charge is -1.98. The van der Waals surface area contributed by atoms with E-state index in [0.717, 1.165) is 10.9 Å². The topological polar surface area (TPSA) is 56.6 Å². The highest BCUT2D eigenvalue weighted by Crippen LogP contribution is 2.11. The van der Waals surface area contributed by atoms with E-state index in [1.807, 2.05) is 31.2 Å². The summed E-state index contributed by atoms with van der Waals surface area (Å²) in [5, 5.41) is 10.1. The molecule has 2 rings (SSSR count). The molecular formula is C11H8N2O. The van der Waals surface area contributed by atoms with Crippen LogP contribution in [0.3, 0.4) is 0 Å². The lowest BCUT2D eigenvalue weighted by molar-refractivity contribution is 1.22. The molecule has 0 saturated carbocycles. The molecule has 1 N–H and O–H groups in total. The zero-order valence-electron chi connectivity index (χ0n) is 7.66. The summed E-state index contributed by atoms with van der Waals surface area (Å²) in [5.74, 6) is 0. The summed E-state index contributed by atoms with van der Waals surface area (Å²) in [6.07, 6.45) is 0. The second kappa shape index (κ2) is 3.00. The van der Waals surface area contributed by atoms with Crippen molar-refractivity contribution in [3.05, 3.63) is 45.9 Å². The van der Waals surface area contributed by atoms with Gasteiger partial charge in [-0.2, -0.15) is 5.26 Å². The number of nitrogens with zero attached hydrogens (tertiary/aromatic N) is 1. The van der Waals surface area contributed by atoms with Crippen LogP contribution in [-0.4, -0.2) is 4.98 Å². The van der Waals surface area contributed by atoms with Crippen LogP contribution in [0.2, 0.25) is 0 Å². The fourth-order valence-corrected chi connectivity index (χ4v) is 1.43. The largest absolute Gasteiger partial charge is 0.313 e. The Morgan fingerprint density at radius 1 is 1.36 bits per heavy atom. The SMILES string of the molecule is Cc1ccc2cc(C#N)[nH]c(=O)c2c1. The van der Waals surface area contributed by atoms with E-state index in [9.17, 15) is 4.79 Å². The molecule has 0 unspecified atom stereocenters. The molecule has 0 fully saturated rings. The number of aryl methyl sites for hydroxylation is 1. The van der Waals surface area contributed by atoms with Crippen LogP contribution in [0.4, 0.5) is 0 Å². The monoisotopic (exact) mass is 184 g/mol. The highest BCUT2D eigenvalue weighted by atomic mass is 16.1. The maximum atomic E-state index is 11.5. The van der Waals surface area contributed by atoms with Gasteiger partial charge < -0.3 is 4.98 Å². The molecule has 0 amide bonds. The molecule has 1 aromatic carbocycles. The van der Waals surface area contributed by atoms with Crippen LogP contribution in [0.5, 0.6) is 0 Å². The van der Waals surface area contributed by atoms with Gasteiger partial charge in [0, 0.05) is 5.39 Å². The summed E-state index contributed by atoms with van der Waals surface area (Å²) < 4.78 is 0. The number of rotatable bonds is 0. The van der Waals surface area contributed by atoms with Crippen molar-refractivity contribution < 1.29 is 0 Å². The number of aromatic nitrogens is 1. The number of H-pyrrole nitrogens is 1. The molecular weight excluding hydrogens is 176 g/mol. The predicted molar refractivity (Wildman–Crippen MR) is 54.0 cm³/mol. The Morgan fingerprint density at radius 3 is 2.86 bits per heavy atom. The van der Waals surface area contributed by atoms with Gasteiger partial charge in [-0.05, 0) is 24.4 Å². The molecule has 2 aromatic rings. The second-order valence-corrected chi connectivity index (χ2v) is 3.21. The summed E-state index contributed by atoms with van der Waals surface area (Å²) in [7, 11) is 0. The van der Waals surface area contributed by atoms with Crippen molar-refractivity contribution in [2.75, 3.05) is 0 Å². The third-order valence-corrected chi connectivity index (χ3v) is 2.12. The average Bonchev–Trinajstić information content (AvgIpc) is 2.19. The van der Waals surface area contributed by atoms with E-state index >= 15 is 0 Å². The van der Waals surface area contributed by atoms with Crippen LogP contribution in [0.15, 0.2) is 29.1 Å². The van der Waals surface area contributed by atoms with Gasteiger partial charge in [0.05, 0.1) is 0 Å². The quantitative estimate of drug-likeness (QED) is 0.677. The summed E-state index contributed by atoms with van der Waals surface area (Å²) in [4.78, 5) is 14.0. The van der Waals surface area contributed by atoms with Gasteiger partial charge in [-0.25, -0.2) is 0 Å². The molecule has 0 radical (unpaired) electrons. The number of aromatic amines is 1. The maximum Gasteiger partial charge on any atom is 0.256 e. The van der Waals surface area contributed by atoms with Crippen molar-refractivity contribution in [2.24, 2.45) is 0 Å². The Bertz CT molecular complexity index is 590. The van der Waals surface area contributed by atoms with E-state index in [1.54, 1.807) is 6.07 Å². The third kappa shape index (κ3) is 1.27. The van der Waals surface area contributed by atoms with E-state index in [0.29, 0.717) is 11.1 Å². The molecule has 0 aliphatic rings. The Labute approximate surface area is 80.6 Å². The van der Waals surface area contributed by atoms with Crippen LogP contribution in [0.1, 0.15) is 11.3 Å². The normalized spacial score (nSPS) is 10.0. The minimum atomic E-state index is -0.206. The zero-order chi connectivity index (χ0) is 10.1. The molecule has 1 heterocycles. The van der Waals surface area contributed by atoms with Crippen molar-refractivity contribution in [2.45, 2.75) is 6.92 Å². The number of fused-ring (bicyclic) bond motifs is 1. The fourth-order valence-electron chi connectivity index (χ4n) is 1.43. The molecule has 0 aliphatic carbocycles. The van der Waals surface area contributed by atoms with Crippen molar-refractivity contribution in [1.29, 1.82) is 5.26 Å². The minimum Gasteiger partial charge on any atom is -0.313 e. The van der Waals surface area contributed by atoms with Crippen LogP contribution in [-0.2, 0) is 0 Å². The van der Waals surface area contributed by atoms with E-state index in [2.05, 4.69) is 4.98 Å². The van der Waals surface area contributed by atoms with Crippen molar-refractivity contribution in [3.8, 4) is 6.07 Å². The van der Waals surface area contributed by atoms with Gasteiger partial charge in [-0.15, -0.1) is 0 Å². The summed E-state index contributed by atoms with van der Waals surface area (Å²) in [6.45, 7) is 1.93. The van der Waals surface area contributed by atoms with E-state index in [-0.39, 0.29) is 5.56 Å². The Hall–Kier alpha value is -2.08. The molecule has 3 nitrogen and oxygen atoms in total. The van der Waals surface area contributed by atoms with Crippen molar-refractivity contribution >= 4 is 10.8 Å². The maximum absolute atomic E-state index is 11.5. The van der Waals surface area contributed by atoms with Crippen LogP contribution in [0.25, 0.3) is 10.8 Å². The summed E-state index contributed by atoms with van der Waals surface area (Å²) >= 11 is 0. The standard InChI is InChI=1S/C11H8N2O/c1-7-2-3-8-5-9(6-12)13-11(14)10(8)4-7/h2-5H,1H3,(H,13,14). The van der Waals surface area contributed by atoms with Gasteiger partial charge in [0.15, 0.2) is 0 Å². The fraction of sp³-hybridized carbons (Fsp3) is 0.0909. The number of benzene rings is 1. The van der Waals surface area contributed by atoms with Gasteiger partial charge in [0.2, 0.25) is 0 Å². The molecule has 0 saturated heterocycles. The Morgan fingerprint density at radius 2 is 2.14 bits per heavy atom. The number of nitrogens with one attached hydrogen (secondary N) is 1. The lowest BCUT2D eigenvalue weighted by Crippen LogP contribution is -2.07. The van der Waals surface area contributed by atoms with Crippen molar-refractivity contribution in [3.63, 3.8) is 0 Å². The minimum absolute atomic E-state index is 0.206. The molecule has 3 heteroatoms. The van der Waals surface area contributed by atoms with Crippen molar-refractivity contribution in [1.82, 2.24) is 4.98 Å². The van der Waals surface area contributed by atoms with Crippen LogP contribution < -0.4 is 5.56 Å². The van der Waals surface area contributed by atoms with Gasteiger partial charge in [0.25, 0.3) is 5.56 Å². The molecule has 0 aliphatic heterocycles. The first-order valence-electron chi connectivity index (χ1n) is 4.24. The average molecular weight is 184 g/mol. The van der Waals surface area contributed by atoms with E-state index in [4.69, 9.17) is 5.26 Å². The van der Waals surface area contributed by atoms with Crippen LogP contribution in [0, 0.1) is 18.3 Å². The van der Waals surface area contributed by atoms with Gasteiger partial charge in [-0.3, -0.25) is 4.79 Å². The summed E-state index contributed by atoms with van der Waals surface area (Å²) in [6, 6.07) is 9.18.